The Kier molecular flexibility index (Phi) is 7.67. The minimum Gasteiger partial charge on any atom is -0.496 e. The zero-order chi connectivity index (χ0) is 20.2. The molecule has 0 amide bonds. The van der Waals surface area contributed by atoms with Crippen LogP contribution >= 0.6 is 15.9 Å². The minimum atomic E-state index is 0.285. The summed E-state index contributed by atoms with van der Waals surface area (Å²) in [6.07, 6.45) is 6.92. The summed E-state index contributed by atoms with van der Waals surface area (Å²) in [5, 5.41) is 0.960. The van der Waals surface area contributed by atoms with Crippen molar-refractivity contribution in [2.24, 2.45) is 11.3 Å². The number of ether oxygens (including phenoxy) is 3. The van der Waals surface area contributed by atoms with Gasteiger partial charge in [-0.3, -0.25) is 0 Å². The molecule has 0 saturated carbocycles. The van der Waals surface area contributed by atoms with Crippen molar-refractivity contribution in [3.05, 3.63) is 28.8 Å². The van der Waals surface area contributed by atoms with Gasteiger partial charge in [-0.2, -0.15) is 0 Å². The highest BCUT2D eigenvalue weighted by atomic mass is 79.9. The summed E-state index contributed by atoms with van der Waals surface area (Å²) in [6, 6.07) is 2.09. The van der Waals surface area contributed by atoms with Crippen LogP contribution in [0.2, 0.25) is 0 Å². The first-order chi connectivity index (χ1) is 12.8. The first kappa shape index (κ1) is 22.1. The lowest BCUT2D eigenvalue weighted by Gasteiger charge is -2.39. The second kappa shape index (κ2) is 9.36. The average molecular weight is 439 g/mol. The molecule has 27 heavy (non-hydrogen) atoms. The van der Waals surface area contributed by atoms with Gasteiger partial charge in [0.2, 0.25) is 0 Å². The summed E-state index contributed by atoms with van der Waals surface area (Å²) in [5.41, 5.74) is 4.15. The zero-order valence-electron chi connectivity index (χ0n) is 17.9. The Hall–Kier alpha value is -1.16. The van der Waals surface area contributed by atoms with Crippen LogP contribution < -0.4 is 14.2 Å². The van der Waals surface area contributed by atoms with E-state index in [1.54, 1.807) is 21.3 Å². The molecule has 1 aromatic carbocycles. The number of hydrogen-bond donors (Lipinski definition) is 0. The van der Waals surface area contributed by atoms with E-state index in [9.17, 15) is 0 Å². The van der Waals surface area contributed by atoms with Crippen molar-refractivity contribution >= 4 is 15.9 Å². The van der Waals surface area contributed by atoms with Gasteiger partial charge in [0.05, 0.1) is 21.3 Å². The molecular formula is C23H35BrO3. The first-order valence-electron chi connectivity index (χ1n) is 9.87. The van der Waals surface area contributed by atoms with Crippen LogP contribution in [0.25, 0.3) is 0 Å². The van der Waals surface area contributed by atoms with Crippen LogP contribution in [-0.4, -0.2) is 26.7 Å². The topological polar surface area (TPSA) is 27.7 Å². The van der Waals surface area contributed by atoms with E-state index in [2.05, 4.69) is 55.8 Å². The molecule has 0 fully saturated rings. The van der Waals surface area contributed by atoms with Crippen LogP contribution in [-0.2, 0) is 6.42 Å². The summed E-state index contributed by atoms with van der Waals surface area (Å²) >= 11 is 3.70. The third-order valence-corrected chi connectivity index (χ3v) is 6.61. The van der Waals surface area contributed by atoms with Gasteiger partial charge in [-0.05, 0) is 54.6 Å². The molecule has 1 unspecified atom stereocenters. The van der Waals surface area contributed by atoms with Gasteiger partial charge in [-0.25, -0.2) is 0 Å². The monoisotopic (exact) mass is 438 g/mol. The van der Waals surface area contributed by atoms with E-state index in [0.717, 1.165) is 41.0 Å². The molecular weight excluding hydrogens is 404 g/mol. The summed E-state index contributed by atoms with van der Waals surface area (Å²) in [4.78, 5) is 0. The molecule has 1 atom stereocenters. The van der Waals surface area contributed by atoms with Crippen molar-refractivity contribution in [1.29, 1.82) is 0 Å². The highest BCUT2D eigenvalue weighted by Crippen LogP contribution is 2.47. The quantitative estimate of drug-likeness (QED) is 0.341. The second-order valence-corrected chi connectivity index (χ2v) is 8.96. The summed E-state index contributed by atoms with van der Waals surface area (Å²) < 4.78 is 17.2. The van der Waals surface area contributed by atoms with Crippen molar-refractivity contribution in [2.75, 3.05) is 26.7 Å². The molecule has 4 heteroatoms. The number of halogens is 1. The van der Waals surface area contributed by atoms with E-state index in [1.807, 2.05) is 0 Å². The molecule has 0 aromatic heterocycles. The lowest BCUT2D eigenvalue weighted by atomic mass is 9.66. The first-order valence-corrected chi connectivity index (χ1v) is 11.0. The van der Waals surface area contributed by atoms with E-state index in [1.165, 1.54) is 24.0 Å². The maximum Gasteiger partial charge on any atom is 0.167 e. The molecule has 0 radical (unpaired) electrons. The maximum atomic E-state index is 5.87. The number of alkyl halides is 1. The Bertz CT molecular complexity index is 677. The predicted molar refractivity (Wildman–Crippen MR) is 117 cm³/mol. The molecule has 0 aliphatic heterocycles. The fourth-order valence-electron chi connectivity index (χ4n) is 4.48. The maximum absolute atomic E-state index is 5.87. The number of aryl methyl sites for hydroxylation is 1. The largest absolute Gasteiger partial charge is 0.496 e. The summed E-state index contributed by atoms with van der Waals surface area (Å²) in [6.45, 7) is 9.14. The van der Waals surface area contributed by atoms with E-state index < -0.39 is 0 Å². The normalized spacial score (nSPS) is 19.0. The van der Waals surface area contributed by atoms with Crippen molar-refractivity contribution < 1.29 is 14.2 Å². The molecule has 1 aromatic rings. The highest BCUT2D eigenvalue weighted by Gasteiger charge is 2.34. The molecule has 0 spiro atoms. The Morgan fingerprint density at radius 1 is 1.11 bits per heavy atom. The van der Waals surface area contributed by atoms with Gasteiger partial charge in [-0.15, -0.1) is 0 Å². The van der Waals surface area contributed by atoms with Gasteiger partial charge in [-0.1, -0.05) is 55.3 Å². The van der Waals surface area contributed by atoms with Crippen molar-refractivity contribution in [3.63, 3.8) is 0 Å². The lowest BCUT2D eigenvalue weighted by Crippen LogP contribution is -2.29. The molecule has 3 nitrogen and oxygen atoms in total. The molecule has 0 saturated heterocycles. The molecule has 152 valence electrons. The summed E-state index contributed by atoms with van der Waals surface area (Å²) in [5.74, 6) is 3.38. The predicted octanol–water partition coefficient (Wildman–Crippen LogP) is 6.53. The summed E-state index contributed by atoms with van der Waals surface area (Å²) in [7, 11) is 5.15. The van der Waals surface area contributed by atoms with Gasteiger partial charge in [0.1, 0.15) is 5.75 Å². The zero-order valence-corrected chi connectivity index (χ0v) is 19.5. The van der Waals surface area contributed by atoms with Crippen molar-refractivity contribution in [1.82, 2.24) is 0 Å². The lowest BCUT2D eigenvalue weighted by molar-refractivity contribution is 0.204. The van der Waals surface area contributed by atoms with Crippen LogP contribution in [0.15, 0.2) is 17.7 Å². The van der Waals surface area contributed by atoms with Gasteiger partial charge in [0.25, 0.3) is 0 Å². The number of benzene rings is 1. The Morgan fingerprint density at radius 2 is 1.78 bits per heavy atom. The molecule has 2 rings (SSSR count). The molecule has 0 bridgehead atoms. The molecule has 1 aliphatic rings. The van der Waals surface area contributed by atoms with Crippen LogP contribution in [0.3, 0.4) is 0 Å². The van der Waals surface area contributed by atoms with Gasteiger partial charge in [0.15, 0.2) is 11.5 Å². The number of methoxy groups -OCH3 is 3. The van der Waals surface area contributed by atoms with E-state index in [4.69, 9.17) is 14.2 Å². The fraction of sp³-hybridized carbons (Fsp3) is 0.652. The van der Waals surface area contributed by atoms with E-state index in [0.29, 0.717) is 11.3 Å². The van der Waals surface area contributed by atoms with Gasteiger partial charge in [0, 0.05) is 10.9 Å². The SMILES string of the molecule is COc1cc(CCC2C(CBr)=CCCC2(C)C)c(OC)c(C(C)C)c1OC. The Labute approximate surface area is 173 Å². The molecule has 1 aliphatic carbocycles. The smallest absolute Gasteiger partial charge is 0.167 e. The standard InChI is InChI=1S/C23H35BrO3/c1-15(2)20-21(26-6)16(13-19(25-5)22(20)27-7)10-11-18-17(14-24)9-8-12-23(18,3)4/h9,13,15,18H,8,10-12,14H2,1-7H3. The number of rotatable bonds is 8. The Morgan fingerprint density at radius 3 is 2.30 bits per heavy atom. The second-order valence-electron chi connectivity index (χ2n) is 8.40. The van der Waals surface area contributed by atoms with Crippen LogP contribution in [0, 0.1) is 11.3 Å². The van der Waals surface area contributed by atoms with E-state index >= 15 is 0 Å². The third kappa shape index (κ3) is 4.64. The molecule has 0 N–H and O–H groups in total. The average Bonchev–Trinajstić information content (AvgIpc) is 2.64. The molecule has 0 heterocycles. The van der Waals surface area contributed by atoms with Gasteiger partial charge >= 0.3 is 0 Å². The van der Waals surface area contributed by atoms with Crippen LogP contribution in [0.1, 0.15) is 64.0 Å². The van der Waals surface area contributed by atoms with Crippen LogP contribution in [0.5, 0.6) is 17.2 Å². The Balaban J connectivity index is 2.42. The van der Waals surface area contributed by atoms with E-state index in [-0.39, 0.29) is 5.92 Å². The third-order valence-electron chi connectivity index (χ3n) is 5.96. The highest BCUT2D eigenvalue weighted by molar-refractivity contribution is 9.09. The van der Waals surface area contributed by atoms with Crippen LogP contribution in [0.4, 0.5) is 0 Å². The van der Waals surface area contributed by atoms with Crippen molar-refractivity contribution in [3.8, 4) is 17.2 Å². The fourth-order valence-corrected chi connectivity index (χ4v) is 5.10. The number of allylic oxidation sites excluding steroid dienone is 2. The number of hydrogen-bond acceptors (Lipinski definition) is 3. The minimum absolute atomic E-state index is 0.285. The van der Waals surface area contributed by atoms with Gasteiger partial charge < -0.3 is 14.2 Å². The van der Waals surface area contributed by atoms with Crippen molar-refractivity contribution in [2.45, 2.75) is 59.3 Å².